The summed E-state index contributed by atoms with van der Waals surface area (Å²) in [7, 11) is 0. The molecule has 2 heterocycles. The van der Waals surface area contributed by atoms with Gasteiger partial charge in [0.2, 0.25) is 5.91 Å². The highest BCUT2D eigenvalue weighted by molar-refractivity contribution is 6.01. The number of fused-ring (bicyclic) bond motifs is 1. The van der Waals surface area contributed by atoms with Crippen molar-refractivity contribution in [2.45, 2.75) is 64.8 Å². The number of nitrogens with two attached hydrogens (primary N) is 1. The molecule has 1 atom stereocenters. The lowest BCUT2D eigenvalue weighted by Crippen LogP contribution is -2.45. The molecule has 2 aliphatic heterocycles. The van der Waals surface area contributed by atoms with Gasteiger partial charge in [0, 0.05) is 31.6 Å². The van der Waals surface area contributed by atoms with Gasteiger partial charge in [-0.05, 0) is 61.9 Å². The van der Waals surface area contributed by atoms with Gasteiger partial charge in [-0.3, -0.25) is 14.4 Å². The molecule has 206 valence electrons. The molecule has 0 aliphatic carbocycles. The van der Waals surface area contributed by atoms with E-state index in [1.807, 2.05) is 54.6 Å². The summed E-state index contributed by atoms with van der Waals surface area (Å²) in [4.78, 5) is 53.3. The summed E-state index contributed by atoms with van der Waals surface area (Å²) in [5.74, 6) is -1.39. The van der Waals surface area contributed by atoms with Gasteiger partial charge in [-0.15, -0.1) is 0 Å². The van der Waals surface area contributed by atoms with Crippen LogP contribution in [0.25, 0.3) is 5.57 Å². The maximum absolute atomic E-state index is 13.3. The SMILES string of the molecule is CC(C)(C)OC(=O)CC[C@@H](C(N)=O)N1Cc2ccc(C3=CCN(C(=O)OCc4ccccc4)CC3)cc2C1=O. The molecule has 0 unspecified atom stereocenters. The fourth-order valence-corrected chi connectivity index (χ4v) is 4.78. The summed E-state index contributed by atoms with van der Waals surface area (Å²) in [6, 6.07) is 14.3. The third kappa shape index (κ3) is 7.04. The molecule has 0 spiro atoms. The molecule has 4 rings (SSSR count). The highest BCUT2D eigenvalue weighted by atomic mass is 16.6. The first-order valence-electron chi connectivity index (χ1n) is 13.1. The zero-order valence-corrected chi connectivity index (χ0v) is 22.6. The van der Waals surface area contributed by atoms with Crippen LogP contribution in [0.3, 0.4) is 0 Å². The number of rotatable bonds is 8. The number of benzene rings is 2. The average molecular weight is 534 g/mol. The second-order valence-electron chi connectivity index (χ2n) is 10.8. The van der Waals surface area contributed by atoms with Crippen LogP contribution in [0, 0.1) is 0 Å². The van der Waals surface area contributed by atoms with Crippen molar-refractivity contribution < 1.29 is 28.7 Å². The lowest BCUT2D eigenvalue weighted by atomic mass is 9.96. The van der Waals surface area contributed by atoms with Crippen molar-refractivity contribution in [1.29, 1.82) is 0 Å². The van der Waals surface area contributed by atoms with Crippen LogP contribution in [0.5, 0.6) is 0 Å². The van der Waals surface area contributed by atoms with E-state index in [1.54, 1.807) is 25.7 Å². The molecule has 0 radical (unpaired) electrons. The molecule has 2 aliphatic rings. The van der Waals surface area contributed by atoms with Crippen LogP contribution >= 0.6 is 0 Å². The predicted molar refractivity (Wildman–Crippen MR) is 145 cm³/mol. The van der Waals surface area contributed by atoms with Crippen molar-refractivity contribution in [3.8, 4) is 0 Å². The van der Waals surface area contributed by atoms with E-state index in [0.717, 1.165) is 22.3 Å². The van der Waals surface area contributed by atoms with Crippen LogP contribution in [-0.4, -0.2) is 58.4 Å². The third-order valence-electron chi connectivity index (χ3n) is 6.73. The van der Waals surface area contributed by atoms with E-state index in [4.69, 9.17) is 15.2 Å². The normalized spacial score (nSPS) is 15.9. The van der Waals surface area contributed by atoms with Gasteiger partial charge in [0.05, 0.1) is 0 Å². The van der Waals surface area contributed by atoms with Crippen molar-refractivity contribution in [2.75, 3.05) is 13.1 Å². The summed E-state index contributed by atoms with van der Waals surface area (Å²) in [5.41, 5.74) is 9.17. The van der Waals surface area contributed by atoms with Crippen molar-refractivity contribution in [2.24, 2.45) is 5.73 Å². The number of carbonyl (C=O) groups is 4. The molecule has 39 heavy (non-hydrogen) atoms. The molecule has 9 nitrogen and oxygen atoms in total. The number of esters is 1. The number of carbonyl (C=O) groups excluding carboxylic acids is 4. The molecule has 9 heteroatoms. The fraction of sp³-hybridized carbons (Fsp3) is 0.400. The maximum atomic E-state index is 13.3. The predicted octanol–water partition coefficient (Wildman–Crippen LogP) is 4.04. The van der Waals surface area contributed by atoms with E-state index < -0.39 is 23.5 Å². The summed E-state index contributed by atoms with van der Waals surface area (Å²) < 4.78 is 10.8. The second kappa shape index (κ2) is 11.7. The lowest BCUT2D eigenvalue weighted by molar-refractivity contribution is -0.155. The van der Waals surface area contributed by atoms with Crippen LogP contribution in [-0.2, 0) is 32.2 Å². The minimum Gasteiger partial charge on any atom is -0.460 e. The average Bonchev–Trinajstić information content (AvgIpc) is 3.22. The minimum atomic E-state index is -0.912. The number of primary amides is 1. The van der Waals surface area contributed by atoms with Gasteiger partial charge in [-0.1, -0.05) is 48.5 Å². The van der Waals surface area contributed by atoms with Gasteiger partial charge in [0.1, 0.15) is 18.2 Å². The summed E-state index contributed by atoms with van der Waals surface area (Å²) in [6.07, 6.45) is 2.31. The number of amides is 3. The van der Waals surface area contributed by atoms with E-state index in [9.17, 15) is 19.2 Å². The Morgan fingerprint density at radius 3 is 2.46 bits per heavy atom. The highest BCUT2D eigenvalue weighted by Gasteiger charge is 2.36. The van der Waals surface area contributed by atoms with Gasteiger partial charge in [-0.25, -0.2) is 4.79 Å². The Balaban J connectivity index is 1.38. The summed E-state index contributed by atoms with van der Waals surface area (Å²) >= 11 is 0. The van der Waals surface area contributed by atoms with Crippen LogP contribution in [0.1, 0.15) is 67.1 Å². The Morgan fingerprint density at radius 1 is 1.08 bits per heavy atom. The van der Waals surface area contributed by atoms with Crippen molar-refractivity contribution in [3.63, 3.8) is 0 Å². The monoisotopic (exact) mass is 533 g/mol. The Bertz CT molecular complexity index is 1280. The van der Waals surface area contributed by atoms with Gasteiger partial charge in [0.15, 0.2) is 0 Å². The largest absolute Gasteiger partial charge is 0.460 e. The molecule has 0 saturated heterocycles. The van der Waals surface area contributed by atoms with Gasteiger partial charge >= 0.3 is 12.1 Å². The molecule has 2 aromatic carbocycles. The Hall–Kier alpha value is -4.14. The molecular formula is C30H35N3O6. The zero-order valence-electron chi connectivity index (χ0n) is 22.6. The Labute approximate surface area is 228 Å². The van der Waals surface area contributed by atoms with Crippen molar-refractivity contribution in [1.82, 2.24) is 9.80 Å². The first kappa shape index (κ1) is 27.9. The first-order chi connectivity index (χ1) is 18.5. The first-order valence-corrected chi connectivity index (χ1v) is 13.1. The molecule has 2 aromatic rings. The third-order valence-corrected chi connectivity index (χ3v) is 6.73. The Morgan fingerprint density at radius 2 is 1.82 bits per heavy atom. The lowest BCUT2D eigenvalue weighted by Gasteiger charge is -2.26. The zero-order chi connectivity index (χ0) is 28.2. The quantitative estimate of drug-likeness (QED) is 0.512. The van der Waals surface area contributed by atoms with Crippen molar-refractivity contribution in [3.05, 3.63) is 76.9 Å². The van der Waals surface area contributed by atoms with E-state index in [1.165, 1.54) is 4.90 Å². The second-order valence-corrected chi connectivity index (χ2v) is 10.8. The molecular weight excluding hydrogens is 498 g/mol. The summed E-state index contributed by atoms with van der Waals surface area (Å²) in [6.45, 7) is 6.69. The minimum absolute atomic E-state index is 0.0204. The molecule has 0 saturated carbocycles. The van der Waals surface area contributed by atoms with Crippen LogP contribution in [0.2, 0.25) is 0 Å². The number of ether oxygens (including phenoxy) is 2. The number of nitrogens with zero attached hydrogens (tertiary/aromatic N) is 2. The molecule has 0 bridgehead atoms. The topological polar surface area (TPSA) is 119 Å². The van der Waals surface area contributed by atoms with Crippen LogP contribution in [0.15, 0.2) is 54.6 Å². The van der Waals surface area contributed by atoms with E-state index in [2.05, 4.69) is 0 Å². The van der Waals surface area contributed by atoms with Crippen molar-refractivity contribution >= 4 is 29.5 Å². The molecule has 2 N–H and O–H groups in total. The van der Waals surface area contributed by atoms with E-state index in [0.29, 0.717) is 25.1 Å². The highest BCUT2D eigenvalue weighted by Crippen LogP contribution is 2.31. The molecule has 0 fully saturated rings. The number of hydrogen-bond donors (Lipinski definition) is 1. The fourth-order valence-electron chi connectivity index (χ4n) is 4.78. The molecule has 0 aromatic heterocycles. The molecule has 3 amide bonds. The van der Waals surface area contributed by atoms with Gasteiger partial charge in [-0.2, -0.15) is 0 Å². The standard InChI is InChI=1S/C30H35N3O6/c1-30(2,3)39-26(34)12-11-25(27(31)35)33-18-23-10-9-22(17-24(23)28(33)36)21-13-15-32(16-14-21)29(37)38-19-20-7-5-4-6-8-20/h4-10,13,17,25H,11-12,14-16,18-19H2,1-3H3,(H2,31,35)/t25-/m0/s1. The summed E-state index contributed by atoms with van der Waals surface area (Å²) in [5, 5.41) is 0. The smallest absolute Gasteiger partial charge is 0.410 e. The van der Waals surface area contributed by atoms with Crippen LogP contribution < -0.4 is 5.73 Å². The maximum Gasteiger partial charge on any atom is 0.410 e. The Kier molecular flexibility index (Phi) is 8.38. The number of hydrogen-bond acceptors (Lipinski definition) is 6. The van der Waals surface area contributed by atoms with Gasteiger partial charge < -0.3 is 25.0 Å². The van der Waals surface area contributed by atoms with E-state index >= 15 is 0 Å². The van der Waals surface area contributed by atoms with E-state index in [-0.39, 0.29) is 38.0 Å². The van der Waals surface area contributed by atoms with Crippen LogP contribution in [0.4, 0.5) is 4.79 Å². The van der Waals surface area contributed by atoms with Gasteiger partial charge in [0.25, 0.3) is 5.91 Å².